The maximum atomic E-state index is 9.82. The van der Waals surface area contributed by atoms with Crippen molar-refractivity contribution in [1.82, 2.24) is 5.32 Å². The largest absolute Gasteiger partial charge is 0.394 e. The van der Waals surface area contributed by atoms with Crippen LogP contribution in [0.1, 0.15) is 26.2 Å². The highest BCUT2D eigenvalue weighted by atomic mass is 16.5. The third-order valence-corrected chi connectivity index (χ3v) is 3.82. The Morgan fingerprint density at radius 3 is 2.81 bits per heavy atom. The molecule has 0 aromatic rings. The maximum Gasteiger partial charge on any atom is 0.0897 e. The molecule has 21 heavy (non-hydrogen) atoms. The second-order valence-corrected chi connectivity index (χ2v) is 5.77. The van der Waals surface area contributed by atoms with E-state index in [4.69, 9.17) is 14.6 Å². The maximum absolute atomic E-state index is 9.82. The summed E-state index contributed by atoms with van der Waals surface area (Å²) in [5.41, 5.74) is 0. The molecule has 3 N–H and O–H groups in total. The summed E-state index contributed by atoms with van der Waals surface area (Å²) >= 11 is 0. The molecule has 0 fully saturated rings. The molecular formula is C16H31NO4. The van der Waals surface area contributed by atoms with E-state index >= 15 is 0 Å². The van der Waals surface area contributed by atoms with Crippen LogP contribution >= 0.6 is 0 Å². The first-order chi connectivity index (χ1) is 10.2. The molecule has 3 atom stereocenters. The van der Waals surface area contributed by atoms with E-state index in [-0.39, 0.29) is 6.61 Å². The zero-order valence-corrected chi connectivity index (χ0v) is 13.2. The Labute approximate surface area is 128 Å². The lowest BCUT2D eigenvalue weighted by Crippen LogP contribution is -2.32. The van der Waals surface area contributed by atoms with Gasteiger partial charge in [0.1, 0.15) is 0 Å². The van der Waals surface area contributed by atoms with Gasteiger partial charge in [-0.25, -0.2) is 0 Å². The Balaban J connectivity index is 1.91. The van der Waals surface area contributed by atoms with Crippen LogP contribution in [-0.4, -0.2) is 62.4 Å². The van der Waals surface area contributed by atoms with Crippen molar-refractivity contribution in [3.05, 3.63) is 12.2 Å². The van der Waals surface area contributed by atoms with E-state index in [0.29, 0.717) is 38.2 Å². The predicted molar refractivity (Wildman–Crippen MR) is 83.2 cm³/mol. The smallest absolute Gasteiger partial charge is 0.0897 e. The van der Waals surface area contributed by atoms with E-state index in [1.54, 1.807) is 0 Å². The van der Waals surface area contributed by atoms with Crippen molar-refractivity contribution in [3.63, 3.8) is 0 Å². The fourth-order valence-electron chi connectivity index (χ4n) is 2.39. The average Bonchev–Trinajstić information content (AvgIpc) is 2.48. The van der Waals surface area contributed by atoms with Gasteiger partial charge in [0.05, 0.1) is 32.5 Å². The van der Waals surface area contributed by atoms with E-state index in [2.05, 4.69) is 24.4 Å². The number of nitrogens with one attached hydrogen (secondary N) is 1. The summed E-state index contributed by atoms with van der Waals surface area (Å²) in [7, 11) is 0. The first-order valence-electron chi connectivity index (χ1n) is 8.04. The summed E-state index contributed by atoms with van der Waals surface area (Å²) < 4.78 is 10.8. The topological polar surface area (TPSA) is 71.0 Å². The fourth-order valence-corrected chi connectivity index (χ4v) is 2.39. The van der Waals surface area contributed by atoms with Crippen molar-refractivity contribution < 1.29 is 19.7 Å². The lowest BCUT2D eigenvalue weighted by Gasteiger charge is -2.25. The lowest BCUT2D eigenvalue weighted by molar-refractivity contribution is 0.0126. The Morgan fingerprint density at radius 1 is 1.24 bits per heavy atom. The SMILES string of the molecule is CC1CC=CCC1COCC(O)CNCCCOCCO. The molecule has 0 spiro atoms. The minimum Gasteiger partial charge on any atom is -0.394 e. The first-order valence-corrected chi connectivity index (χ1v) is 8.04. The summed E-state index contributed by atoms with van der Waals surface area (Å²) in [5.74, 6) is 1.25. The van der Waals surface area contributed by atoms with Crippen molar-refractivity contribution in [2.75, 3.05) is 46.1 Å². The van der Waals surface area contributed by atoms with Gasteiger partial charge in [-0.05, 0) is 37.6 Å². The van der Waals surface area contributed by atoms with Gasteiger partial charge in [0, 0.05) is 13.2 Å². The van der Waals surface area contributed by atoms with Crippen LogP contribution < -0.4 is 5.32 Å². The van der Waals surface area contributed by atoms with Gasteiger partial charge in [0.2, 0.25) is 0 Å². The molecular weight excluding hydrogens is 270 g/mol. The molecule has 3 unspecified atom stereocenters. The molecule has 0 heterocycles. The summed E-state index contributed by atoms with van der Waals surface area (Å²) in [6, 6.07) is 0. The highest BCUT2D eigenvalue weighted by Crippen LogP contribution is 2.24. The minimum absolute atomic E-state index is 0.0683. The Bertz CT molecular complexity index is 273. The van der Waals surface area contributed by atoms with Gasteiger partial charge < -0.3 is 25.0 Å². The van der Waals surface area contributed by atoms with Crippen molar-refractivity contribution in [2.45, 2.75) is 32.3 Å². The monoisotopic (exact) mass is 301 g/mol. The molecule has 0 saturated carbocycles. The minimum atomic E-state index is -0.460. The molecule has 0 aromatic carbocycles. The van der Waals surface area contributed by atoms with E-state index in [1.165, 1.54) is 0 Å². The van der Waals surface area contributed by atoms with Crippen molar-refractivity contribution >= 4 is 0 Å². The second kappa shape index (κ2) is 12.1. The van der Waals surface area contributed by atoms with Crippen LogP contribution in [0.3, 0.4) is 0 Å². The molecule has 5 nitrogen and oxygen atoms in total. The summed E-state index contributed by atoms with van der Waals surface area (Å²) in [5, 5.41) is 21.5. The zero-order chi connectivity index (χ0) is 15.3. The van der Waals surface area contributed by atoms with E-state index in [0.717, 1.165) is 32.4 Å². The van der Waals surface area contributed by atoms with Crippen molar-refractivity contribution in [2.24, 2.45) is 11.8 Å². The molecule has 0 radical (unpaired) electrons. The van der Waals surface area contributed by atoms with Crippen LogP contribution in [0, 0.1) is 11.8 Å². The number of aliphatic hydroxyl groups excluding tert-OH is 2. The van der Waals surface area contributed by atoms with Gasteiger partial charge in [-0.3, -0.25) is 0 Å². The van der Waals surface area contributed by atoms with Crippen LogP contribution in [-0.2, 0) is 9.47 Å². The fraction of sp³-hybridized carbons (Fsp3) is 0.875. The number of aliphatic hydroxyl groups is 2. The van der Waals surface area contributed by atoms with Gasteiger partial charge in [-0.1, -0.05) is 19.1 Å². The highest BCUT2D eigenvalue weighted by molar-refractivity contribution is 4.93. The number of rotatable bonds is 12. The second-order valence-electron chi connectivity index (χ2n) is 5.77. The number of ether oxygens (including phenoxy) is 2. The number of hydrogen-bond acceptors (Lipinski definition) is 5. The van der Waals surface area contributed by atoms with Gasteiger partial charge in [-0.15, -0.1) is 0 Å². The summed E-state index contributed by atoms with van der Waals surface area (Å²) in [6.07, 6.45) is 7.10. The molecule has 1 aliphatic rings. The highest BCUT2D eigenvalue weighted by Gasteiger charge is 2.18. The van der Waals surface area contributed by atoms with E-state index in [1.807, 2.05) is 0 Å². The Morgan fingerprint density at radius 2 is 2.05 bits per heavy atom. The normalized spacial score (nSPS) is 23.4. The molecule has 1 aliphatic carbocycles. The van der Waals surface area contributed by atoms with Crippen LogP contribution in [0.25, 0.3) is 0 Å². The number of allylic oxidation sites excluding steroid dienone is 2. The van der Waals surface area contributed by atoms with Gasteiger partial charge in [-0.2, -0.15) is 0 Å². The van der Waals surface area contributed by atoms with E-state index < -0.39 is 6.10 Å². The first kappa shape index (κ1) is 18.6. The van der Waals surface area contributed by atoms with E-state index in [9.17, 15) is 5.11 Å². The third-order valence-electron chi connectivity index (χ3n) is 3.82. The molecule has 0 amide bonds. The molecule has 5 heteroatoms. The summed E-state index contributed by atoms with van der Waals surface area (Å²) in [6.45, 7) is 5.82. The third kappa shape index (κ3) is 9.22. The van der Waals surface area contributed by atoms with Crippen LogP contribution in [0.5, 0.6) is 0 Å². The van der Waals surface area contributed by atoms with Crippen molar-refractivity contribution in [1.29, 1.82) is 0 Å². The molecule has 1 rings (SSSR count). The molecule has 0 saturated heterocycles. The van der Waals surface area contributed by atoms with Crippen molar-refractivity contribution in [3.8, 4) is 0 Å². The number of hydrogen-bond donors (Lipinski definition) is 3. The van der Waals surface area contributed by atoms with Crippen LogP contribution in [0.4, 0.5) is 0 Å². The Hall–Kier alpha value is -0.460. The zero-order valence-electron chi connectivity index (χ0n) is 13.2. The molecule has 124 valence electrons. The van der Waals surface area contributed by atoms with Crippen LogP contribution in [0.2, 0.25) is 0 Å². The molecule has 0 bridgehead atoms. The molecule has 0 aliphatic heterocycles. The van der Waals surface area contributed by atoms with Crippen LogP contribution in [0.15, 0.2) is 12.2 Å². The standard InChI is InChI=1S/C16H31NO4/c1-14-5-2-3-6-15(14)12-21-13-16(19)11-17-7-4-9-20-10-8-18/h2-3,14-19H,4-13H2,1H3. The lowest BCUT2D eigenvalue weighted by atomic mass is 9.85. The predicted octanol–water partition coefficient (Wildman–Crippen LogP) is 0.955. The van der Waals surface area contributed by atoms with Gasteiger partial charge >= 0.3 is 0 Å². The van der Waals surface area contributed by atoms with Gasteiger partial charge in [0.25, 0.3) is 0 Å². The summed E-state index contributed by atoms with van der Waals surface area (Å²) in [4.78, 5) is 0. The van der Waals surface area contributed by atoms with Gasteiger partial charge in [0.15, 0.2) is 0 Å². The molecule has 0 aromatic heterocycles. The average molecular weight is 301 g/mol. The Kier molecular flexibility index (Phi) is 10.7. The quantitative estimate of drug-likeness (QED) is 0.370.